The van der Waals surface area contributed by atoms with E-state index in [9.17, 15) is 9.59 Å². The third-order valence-electron chi connectivity index (χ3n) is 6.40. The van der Waals surface area contributed by atoms with Gasteiger partial charge < -0.3 is 15.4 Å². The second-order valence-electron chi connectivity index (χ2n) is 9.16. The van der Waals surface area contributed by atoms with E-state index in [1.165, 1.54) is 7.11 Å². The zero-order chi connectivity index (χ0) is 25.9. The maximum Gasteiger partial charge on any atom is 0.337 e. The van der Waals surface area contributed by atoms with Crippen molar-refractivity contribution >= 4 is 12.0 Å². The van der Waals surface area contributed by atoms with Crippen molar-refractivity contribution < 1.29 is 14.3 Å². The molecule has 0 spiro atoms. The van der Waals surface area contributed by atoms with Gasteiger partial charge in [0.05, 0.1) is 35.8 Å². The minimum absolute atomic E-state index is 0.0594. The summed E-state index contributed by atoms with van der Waals surface area (Å²) in [5.41, 5.74) is 6.50. The summed E-state index contributed by atoms with van der Waals surface area (Å²) in [5, 5.41) is 10.6. The number of nitrogens with zero attached hydrogens (tertiary/aromatic N) is 2. The normalized spacial score (nSPS) is 15.4. The van der Waals surface area contributed by atoms with Crippen LogP contribution in [-0.4, -0.2) is 28.9 Å². The van der Waals surface area contributed by atoms with Crippen LogP contribution in [0.25, 0.3) is 28.2 Å². The third kappa shape index (κ3) is 4.76. The van der Waals surface area contributed by atoms with Crippen LogP contribution in [0.1, 0.15) is 25.5 Å². The van der Waals surface area contributed by atoms with Gasteiger partial charge in [0.1, 0.15) is 0 Å². The van der Waals surface area contributed by atoms with Crippen LogP contribution in [0.5, 0.6) is 0 Å². The lowest BCUT2D eigenvalue weighted by atomic mass is 9.91. The second kappa shape index (κ2) is 10.1. The summed E-state index contributed by atoms with van der Waals surface area (Å²) < 4.78 is 6.97. The second-order valence-corrected chi connectivity index (χ2v) is 9.16. The summed E-state index contributed by atoms with van der Waals surface area (Å²) in [6.45, 7) is 3.86. The molecule has 0 bridgehead atoms. The highest BCUT2D eigenvalue weighted by molar-refractivity contribution is 5.95. The Morgan fingerprint density at radius 2 is 1.54 bits per heavy atom. The fourth-order valence-corrected chi connectivity index (χ4v) is 4.58. The van der Waals surface area contributed by atoms with Crippen molar-refractivity contribution in [3.05, 3.63) is 108 Å². The lowest BCUT2D eigenvalue weighted by molar-refractivity contribution is -0.136. The zero-order valence-electron chi connectivity index (χ0n) is 20.9. The molecule has 2 heterocycles. The van der Waals surface area contributed by atoms with Gasteiger partial charge in [-0.05, 0) is 29.7 Å². The summed E-state index contributed by atoms with van der Waals surface area (Å²) in [4.78, 5) is 25.1. The number of aromatic nitrogens is 2. The highest BCUT2D eigenvalue weighted by atomic mass is 16.5. The predicted octanol–water partition coefficient (Wildman–Crippen LogP) is 5.64. The van der Waals surface area contributed by atoms with E-state index in [0.29, 0.717) is 11.3 Å². The molecule has 1 atom stereocenters. The standard InChI is InChI=1S/C30H28N4O3/c1-19(2)27-26(29(35)37-3)28(32-30(36)31-27)22-14-16-23(17-15-22)34-25(21-12-8-5-9-13-21)18-24(33-34)20-10-6-4-7-11-20/h4-19,28H,1-3H3,(H2,31,32,36). The number of benzene rings is 3. The maximum atomic E-state index is 12.7. The van der Waals surface area contributed by atoms with Crippen LogP contribution in [0.3, 0.4) is 0 Å². The minimum Gasteiger partial charge on any atom is -0.466 e. The van der Waals surface area contributed by atoms with E-state index in [1.807, 2.05) is 91.3 Å². The molecule has 2 amide bonds. The Hall–Kier alpha value is -4.65. The van der Waals surface area contributed by atoms with E-state index >= 15 is 0 Å². The molecule has 0 fully saturated rings. The summed E-state index contributed by atoms with van der Waals surface area (Å²) in [6, 6.07) is 29.0. The van der Waals surface area contributed by atoms with Gasteiger partial charge in [-0.25, -0.2) is 14.3 Å². The van der Waals surface area contributed by atoms with Crippen molar-refractivity contribution in [2.24, 2.45) is 5.92 Å². The molecule has 0 saturated carbocycles. The molecule has 1 unspecified atom stereocenters. The summed E-state index contributed by atoms with van der Waals surface area (Å²) >= 11 is 0. The number of esters is 1. The van der Waals surface area contributed by atoms with Crippen LogP contribution >= 0.6 is 0 Å². The summed E-state index contributed by atoms with van der Waals surface area (Å²) in [6.07, 6.45) is 0. The van der Waals surface area contributed by atoms with Crippen molar-refractivity contribution in [1.82, 2.24) is 20.4 Å². The van der Waals surface area contributed by atoms with Crippen molar-refractivity contribution in [2.45, 2.75) is 19.9 Å². The number of hydrogen-bond acceptors (Lipinski definition) is 4. The first-order valence-corrected chi connectivity index (χ1v) is 12.2. The van der Waals surface area contributed by atoms with E-state index in [2.05, 4.69) is 28.8 Å². The molecule has 1 aliphatic heterocycles. The Balaban J connectivity index is 1.57. The average molecular weight is 493 g/mol. The summed E-state index contributed by atoms with van der Waals surface area (Å²) in [5.74, 6) is -0.535. The molecule has 1 aliphatic rings. The van der Waals surface area contributed by atoms with E-state index in [1.54, 1.807) is 0 Å². The fraction of sp³-hybridized carbons (Fsp3) is 0.167. The van der Waals surface area contributed by atoms with Gasteiger partial charge in [0.15, 0.2) is 0 Å². The lowest BCUT2D eigenvalue weighted by Crippen LogP contribution is -2.47. The number of amides is 2. The number of allylic oxidation sites excluding steroid dienone is 1. The number of ether oxygens (including phenoxy) is 1. The Labute approximate surface area is 215 Å². The molecule has 37 heavy (non-hydrogen) atoms. The Bertz CT molecular complexity index is 1460. The molecular weight excluding hydrogens is 464 g/mol. The van der Waals surface area contributed by atoms with Crippen LogP contribution in [0.2, 0.25) is 0 Å². The van der Waals surface area contributed by atoms with Gasteiger partial charge in [0.25, 0.3) is 0 Å². The number of urea groups is 1. The van der Waals surface area contributed by atoms with Crippen molar-refractivity contribution in [1.29, 1.82) is 0 Å². The Kier molecular flexibility index (Phi) is 6.60. The average Bonchev–Trinajstić information content (AvgIpc) is 3.39. The molecule has 7 nitrogen and oxygen atoms in total. The smallest absolute Gasteiger partial charge is 0.337 e. The van der Waals surface area contributed by atoms with Gasteiger partial charge in [-0.1, -0.05) is 86.6 Å². The van der Waals surface area contributed by atoms with Gasteiger partial charge in [0.2, 0.25) is 0 Å². The van der Waals surface area contributed by atoms with E-state index in [0.717, 1.165) is 33.8 Å². The van der Waals surface area contributed by atoms with Crippen molar-refractivity contribution in [3.8, 4) is 28.2 Å². The molecule has 3 aromatic carbocycles. The minimum atomic E-state index is -0.626. The molecule has 2 N–H and O–H groups in total. The molecule has 5 rings (SSSR count). The van der Waals surface area contributed by atoms with Crippen LogP contribution in [0, 0.1) is 5.92 Å². The number of nitrogens with one attached hydrogen (secondary N) is 2. The van der Waals surface area contributed by atoms with Crippen molar-refractivity contribution in [2.75, 3.05) is 7.11 Å². The topological polar surface area (TPSA) is 85.2 Å². The highest BCUT2D eigenvalue weighted by Crippen LogP contribution is 2.32. The van der Waals surface area contributed by atoms with Gasteiger partial charge in [-0.15, -0.1) is 0 Å². The van der Waals surface area contributed by atoms with E-state index in [-0.39, 0.29) is 11.9 Å². The molecule has 4 aromatic rings. The summed E-state index contributed by atoms with van der Waals surface area (Å²) in [7, 11) is 1.34. The predicted molar refractivity (Wildman–Crippen MR) is 143 cm³/mol. The number of carbonyl (C=O) groups is 2. The van der Waals surface area contributed by atoms with Crippen LogP contribution in [-0.2, 0) is 9.53 Å². The third-order valence-corrected chi connectivity index (χ3v) is 6.40. The van der Waals surface area contributed by atoms with E-state index in [4.69, 9.17) is 9.84 Å². The Morgan fingerprint density at radius 3 is 2.14 bits per heavy atom. The molecule has 186 valence electrons. The van der Waals surface area contributed by atoms with Crippen LogP contribution in [0.4, 0.5) is 4.79 Å². The molecule has 0 radical (unpaired) electrons. The number of hydrogen-bond donors (Lipinski definition) is 2. The number of rotatable bonds is 6. The van der Waals surface area contributed by atoms with Crippen molar-refractivity contribution in [3.63, 3.8) is 0 Å². The van der Waals surface area contributed by atoms with Gasteiger partial charge in [0, 0.05) is 16.8 Å². The Morgan fingerprint density at radius 1 is 0.919 bits per heavy atom. The van der Waals surface area contributed by atoms with Gasteiger partial charge in [-0.2, -0.15) is 5.10 Å². The molecule has 1 aromatic heterocycles. The SMILES string of the molecule is COC(=O)C1=C(C(C)C)NC(=O)NC1c1ccc(-n2nc(-c3ccccc3)cc2-c2ccccc2)cc1. The van der Waals surface area contributed by atoms with E-state index < -0.39 is 12.0 Å². The first-order chi connectivity index (χ1) is 18.0. The highest BCUT2D eigenvalue weighted by Gasteiger charge is 2.34. The quantitative estimate of drug-likeness (QED) is 0.341. The molecular formula is C30H28N4O3. The van der Waals surface area contributed by atoms with Crippen LogP contribution < -0.4 is 10.6 Å². The molecule has 0 aliphatic carbocycles. The number of carbonyl (C=O) groups excluding carboxylic acids is 2. The lowest BCUT2D eigenvalue weighted by Gasteiger charge is -2.30. The monoisotopic (exact) mass is 492 g/mol. The molecule has 7 heteroatoms. The van der Waals surface area contributed by atoms with Gasteiger partial charge >= 0.3 is 12.0 Å². The first-order valence-electron chi connectivity index (χ1n) is 12.2. The largest absolute Gasteiger partial charge is 0.466 e. The first kappa shape index (κ1) is 24.1. The zero-order valence-corrected chi connectivity index (χ0v) is 20.9. The van der Waals surface area contributed by atoms with Crippen LogP contribution in [0.15, 0.2) is 102 Å². The number of methoxy groups -OCH3 is 1. The molecule has 0 saturated heterocycles. The maximum absolute atomic E-state index is 12.7. The fourth-order valence-electron chi connectivity index (χ4n) is 4.58. The van der Waals surface area contributed by atoms with Gasteiger partial charge in [-0.3, -0.25) is 0 Å².